The van der Waals surface area contributed by atoms with Crippen LogP contribution in [0.5, 0.6) is 11.5 Å². The van der Waals surface area contributed by atoms with Crippen LogP contribution in [-0.4, -0.2) is 84.6 Å². The van der Waals surface area contributed by atoms with Crippen molar-refractivity contribution in [1.29, 1.82) is 0 Å². The van der Waals surface area contributed by atoms with Crippen LogP contribution in [0.3, 0.4) is 0 Å². The first-order valence-corrected chi connectivity index (χ1v) is 12.0. The Hall–Kier alpha value is -3.97. The van der Waals surface area contributed by atoms with E-state index >= 15 is 0 Å². The van der Waals surface area contributed by atoms with Crippen molar-refractivity contribution in [2.24, 2.45) is 0 Å². The Labute approximate surface area is 220 Å². The molecule has 208 valence electrons. The lowest BCUT2D eigenvalue weighted by Crippen LogP contribution is -2.37. The quantitative estimate of drug-likeness (QED) is 0.387. The van der Waals surface area contributed by atoms with Crippen LogP contribution in [0.1, 0.15) is 22.3 Å². The van der Waals surface area contributed by atoms with Crippen LogP contribution in [0, 0.1) is 0 Å². The van der Waals surface area contributed by atoms with Crippen LogP contribution in [0.15, 0.2) is 35.4 Å². The van der Waals surface area contributed by atoms with E-state index in [0.717, 1.165) is 39.3 Å². The molecular formula is C26H26F3N3O7. The monoisotopic (exact) mass is 549 g/mol. The molecular weight excluding hydrogens is 523 g/mol. The van der Waals surface area contributed by atoms with Gasteiger partial charge in [0, 0.05) is 55.1 Å². The van der Waals surface area contributed by atoms with Gasteiger partial charge in [-0.3, -0.25) is 19.5 Å². The third-order valence-electron chi connectivity index (χ3n) is 6.53. The van der Waals surface area contributed by atoms with Crippen LogP contribution in [0.2, 0.25) is 0 Å². The number of aromatic nitrogens is 2. The summed E-state index contributed by atoms with van der Waals surface area (Å²) in [6.07, 6.45) is -1.02. The van der Waals surface area contributed by atoms with Gasteiger partial charge in [-0.1, -0.05) is 0 Å². The summed E-state index contributed by atoms with van der Waals surface area (Å²) in [7, 11) is 3.07. The van der Waals surface area contributed by atoms with Crippen LogP contribution in [0.4, 0.5) is 13.2 Å². The molecule has 0 bridgehead atoms. The minimum Gasteiger partial charge on any atom is -0.493 e. The van der Waals surface area contributed by atoms with Gasteiger partial charge < -0.3 is 23.9 Å². The fraction of sp³-hybridized carbons (Fsp3) is 0.385. The highest BCUT2D eigenvalue weighted by molar-refractivity contribution is 6.26. The second-order valence-corrected chi connectivity index (χ2v) is 8.79. The lowest BCUT2D eigenvalue weighted by Gasteiger charge is -2.26. The molecule has 1 N–H and O–H groups in total. The van der Waals surface area contributed by atoms with E-state index in [1.807, 2.05) is 0 Å². The van der Waals surface area contributed by atoms with Crippen molar-refractivity contribution < 1.29 is 42.1 Å². The second-order valence-electron chi connectivity index (χ2n) is 8.79. The zero-order chi connectivity index (χ0) is 28.3. The average molecular weight is 550 g/mol. The molecule has 3 heterocycles. The predicted octanol–water partition coefficient (Wildman–Crippen LogP) is 2.98. The molecule has 13 heteroatoms. The second kappa shape index (κ2) is 11.4. The normalized spacial score (nSPS) is 14.8. The van der Waals surface area contributed by atoms with Gasteiger partial charge in [0.2, 0.25) is 0 Å². The number of ether oxygens (including phenoxy) is 3. The number of nitrogens with zero attached hydrogens (tertiary/aromatic N) is 3. The van der Waals surface area contributed by atoms with E-state index in [9.17, 15) is 22.8 Å². The zero-order valence-corrected chi connectivity index (χ0v) is 21.2. The summed E-state index contributed by atoms with van der Waals surface area (Å²) in [5, 5.41) is 8.15. The number of aliphatic carboxylic acids is 1. The van der Waals surface area contributed by atoms with Gasteiger partial charge in [0.1, 0.15) is 0 Å². The summed E-state index contributed by atoms with van der Waals surface area (Å²) < 4.78 is 49.8. The summed E-state index contributed by atoms with van der Waals surface area (Å²) in [6, 6.07) is 5.11. The molecule has 0 spiro atoms. The lowest BCUT2D eigenvalue weighted by molar-refractivity contribution is -0.192. The van der Waals surface area contributed by atoms with Crippen LogP contribution in [-0.2, 0) is 16.1 Å². The number of ketones is 1. The Morgan fingerprint density at radius 1 is 1.05 bits per heavy atom. The Balaban J connectivity index is 0.000000448. The number of methoxy groups -OCH3 is 2. The van der Waals surface area contributed by atoms with E-state index in [1.165, 1.54) is 14.2 Å². The summed E-state index contributed by atoms with van der Waals surface area (Å²) in [5.41, 5.74) is 2.29. The highest BCUT2D eigenvalue weighted by Crippen LogP contribution is 2.41. The van der Waals surface area contributed by atoms with Crippen molar-refractivity contribution in [3.8, 4) is 22.8 Å². The number of carboxylic acids is 1. The van der Waals surface area contributed by atoms with Crippen molar-refractivity contribution in [1.82, 2.24) is 14.5 Å². The fourth-order valence-electron chi connectivity index (χ4n) is 4.69. The first-order chi connectivity index (χ1) is 18.6. The minimum absolute atomic E-state index is 0.100. The molecule has 10 nitrogen and oxygen atoms in total. The molecule has 0 amide bonds. The maximum Gasteiger partial charge on any atom is 0.490 e. The van der Waals surface area contributed by atoms with E-state index in [4.69, 9.17) is 24.1 Å². The first kappa shape index (κ1) is 28.0. The van der Waals surface area contributed by atoms with Crippen molar-refractivity contribution in [3.63, 3.8) is 0 Å². The number of fused-ring (bicyclic) bond motifs is 5. The van der Waals surface area contributed by atoms with Crippen LogP contribution >= 0.6 is 0 Å². The summed E-state index contributed by atoms with van der Waals surface area (Å²) in [4.78, 5) is 42.5. The molecule has 2 aromatic heterocycles. The van der Waals surface area contributed by atoms with Gasteiger partial charge in [0.15, 0.2) is 17.3 Å². The zero-order valence-electron chi connectivity index (χ0n) is 21.2. The topological polar surface area (TPSA) is 120 Å². The summed E-state index contributed by atoms with van der Waals surface area (Å²) in [6.45, 7) is 4.63. The molecule has 2 aliphatic rings. The van der Waals surface area contributed by atoms with E-state index < -0.39 is 12.1 Å². The van der Waals surface area contributed by atoms with Gasteiger partial charge in [0.05, 0.1) is 44.1 Å². The SMILES string of the molecule is COc1cc2c3c(n(CCCN4CCOCC4)c(=O)c2cc1OC)-c1cnccc1C3=O.O=C(O)C(F)(F)F. The number of carbonyl (C=O) groups is 2. The Morgan fingerprint density at radius 3 is 2.26 bits per heavy atom. The molecule has 1 aromatic carbocycles. The maximum absolute atomic E-state index is 13.7. The van der Waals surface area contributed by atoms with E-state index in [0.29, 0.717) is 51.2 Å². The maximum atomic E-state index is 13.7. The molecule has 0 atom stereocenters. The van der Waals surface area contributed by atoms with E-state index in [-0.39, 0.29) is 11.3 Å². The molecule has 1 aliphatic heterocycles. The highest BCUT2D eigenvalue weighted by atomic mass is 19.4. The van der Waals surface area contributed by atoms with Gasteiger partial charge >= 0.3 is 12.1 Å². The van der Waals surface area contributed by atoms with Crippen LogP contribution < -0.4 is 15.0 Å². The molecule has 3 aromatic rings. The molecule has 5 rings (SSSR count). The number of hydrogen-bond acceptors (Lipinski definition) is 8. The number of alkyl halides is 3. The fourth-order valence-corrected chi connectivity index (χ4v) is 4.69. The molecule has 1 fully saturated rings. The molecule has 0 radical (unpaired) electrons. The average Bonchev–Trinajstić information content (AvgIpc) is 3.22. The Morgan fingerprint density at radius 2 is 1.67 bits per heavy atom. The standard InChI is InChI=1S/C24H25N3O5.C2HF3O2/c1-30-19-12-16-17(13-20(19)31-2)24(29)27(7-3-6-26-8-10-32-11-9-26)22-18-14-25-5-4-15(18)23(28)21(16)22;3-2(4,5)1(6)7/h4-5,12-14H,3,6-11H2,1-2H3;(H,6,7). The van der Waals surface area contributed by atoms with Gasteiger partial charge in [-0.25, -0.2) is 4.79 Å². The van der Waals surface area contributed by atoms with E-state index in [2.05, 4.69) is 9.88 Å². The lowest BCUT2D eigenvalue weighted by atomic mass is 10.0. The summed E-state index contributed by atoms with van der Waals surface area (Å²) >= 11 is 0. The van der Waals surface area contributed by atoms with Gasteiger partial charge in [-0.05, 0) is 24.6 Å². The van der Waals surface area contributed by atoms with E-state index in [1.54, 1.807) is 35.2 Å². The van der Waals surface area contributed by atoms with Crippen molar-refractivity contribution >= 4 is 22.5 Å². The van der Waals surface area contributed by atoms with Crippen molar-refractivity contribution in [2.45, 2.75) is 19.1 Å². The third kappa shape index (κ3) is 5.59. The Kier molecular flexibility index (Phi) is 8.21. The summed E-state index contributed by atoms with van der Waals surface area (Å²) in [5.74, 6) is -1.92. The molecule has 39 heavy (non-hydrogen) atoms. The number of hydrogen-bond donors (Lipinski definition) is 1. The minimum atomic E-state index is -5.08. The van der Waals surface area contributed by atoms with Crippen LogP contribution in [0.25, 0.3) is 22.0 Å². The first-order valence-electron chi connectivity index (χ1n) is 12.0. The largest absolute Gasteiger partial charge is 0.493 e. The third-order valence-corrected chi connectivity index (χ3v) is 6.53. The van der Waals surface area contributed by atoms with Crippen molar-refractivity contribution in [2.75, 3.05) is 47.1 Å². The van der Waals surface area contributed by atoms with Gasteiger partial charge in [-0.2, -0.15) is 13.2 Å². The molecule has 0 saturated carbocycles. The van der Waals surface area contributed by atoms with Gasteiger partial charge in [-0.15, -0.1) is 0 Å². The van der Waals surface area contributed by atoms with Crippen molar-refractivity contribution in [3.05, 3.63) is 52.1 Å². The molecule has 1 saturated heterocycles. The number of rotatable bonds is 6. The number of benzene rings is 1. The van der Waals surface area contributed by atoms with Gasteiger partial charge in [0.25, 0.3) is 5.56 Å². The molecule has 1 aliphatic carbocycles. The number of morpholine rings is 1. The number of carbonyl (C=O) groups excluding carboxylic acids is 1. The number of pyridine rings is 2. The number of carboxylic acid groups (broad SMARTS) is 1. The smallest absolute Gasteiger partial charge is 0.490 e. The Bertz CT molecular complexity index is 1460. The predicted molar refractivity (Wildman–Crippen MR) is 134 cm³/mol. The molecule has 0 unspecified atom stereocenters. The number of halogens is 3. The highest BCUT2D eigenvalue weighted by Gasteiger charge is 2.38.